The van der Waals surface area contributed by atoms with Crippen LogP contribution in [-0.2, 0) is 6.42 Å². The van der Waals surface area contributed by atoms with Gasteiger partial charge in [-0.25, -0.2) is 4.98 Å². The highest BCUT2D eigenvalue weighted by Crippen LogP contribution is 1.97. The normalized spacial score (nSPS) is 10.1. The van der Waals surface area contributed by atoms with E-state index in [0.29, 0.717) is 5.56 Å². The molecule has 0 aromatic carbocycles. The Bertz CT molecular complexity index is 305. The van der Waals surface area contributed by atoms with Crippen LogP contribution in [0.5, 0.6) is 0 Å². The second kappa shape index (κ2) is 3.90. The molecule has 4 heteroatoms. The van der Waals surface area contributed by atoms with Crippen molar-refractivity contribution in [1.82, 2.24) is 9.97 Å². The third kappa shape index (κ3) is 2.08. The van der Waals surface area contributed by atoms with Crippen LogP contribution in [-0.4, -0.2) is 9.97 Å². The number of nitrogens with zero attached hydrogens (tertiary/aromatic N) is 1. The Labute approximate surface area is 70.8 Å². The molecule has 1 aromatic rings. The molecule has 0 bridgehead atoms. The van der Waals surface area contributed by atoms with E-state index >= 15 is 0 Å². The van der Waals surface area contributed by atoms with Gasteiger partial charge in [0.1, 0.15) is 0 Å². The number of anilines is 1. The molecule has 0 saturated heterocycles. The predicted molar refractivity (Wildman–Crippen MR) is 47.9 cm³/mol. The zero-order chi connectivity index (χ0) is 8.97. The van der Waals surface area contributed by atoms with Gasteiger partial charge in [0.05, 0.1) is 0 Å². The summed E-state index contributed by atoms with van der Waals surface area (Å²) in [6.07, 6.45) is 4.40. The number of nitrogens with one attached hydrogen (secondary N) is 1. The van der Waals surface area contributed by atoms with Crippen molar-refractivity contribution in [3.05, 3.63) is 22.1 Å². The lowest BCUT2D eigenvalue weighted by Crippen LogP contribution is -2.15. The molecule has 0 aliphatic rings. The number of nitrogen functional groups attached to an aromatic ring is 1. The number of aryl methyl sites for hydroxylation is 1. The van der Waals surface area contributed by atoms with Crippen LogP contribution < -0.4 is 11.3 Å². The van der Waals surface area contributed by atoms with Crippen LogP contribution in [0.3, 0.4) is 0 Å². The van der Waals surface area contributed by atoms with Gasteiger partial charge in [0, 0.05) is 11.8 Å². The number of aromatic amines is 1. The van der Waals surface area contributed by atoms with Crippen LogP contribution in [0, 0.1) is 0 Å². The summed E-state index contributed by atoms with van der Waals surface area (Å²) in [7, 11) is 0. The number of hydrogen-bond acceptors (Lipinski definition) is 3. The molecule has 0 saturated carbocycles. The summed E-state index contributed by atoms with van der Waals surface area (Å²) in [5.74, 6) is 0.181. The summed E-state index contributed by atoms with van der Waals surface area (Å²) in [6.45, 7) is 2.08. The van der Waals surface area contributed by atoms with Gasteiger partial charge >= 0.3 is 0 Å². The fourth-order valence-electron chi connectivity index (χ4n) is 0.980. The molecular weight excluding hydrogens is 154 g/mol. The fourth-order valence-corrected chi connectivity index (χ4v) is 0.980. The fraction of sp³-hybridized carbons (Fsp3) is 0.500. The Morgan fingerprint density at radius 2 is 2.42 bits per heavy atom. The summed E-state index contributed by atoms with van der Waals surface area (Å²) < 4.78 is 0. The second-order valence-electron chi connectivity index (χ2n) is 2.73. The van der Waals surface area contributed by atoms with Gasteiger partial charge in [0.15, 0.2) is 5.95 Å². The maximum Gasteiger partial charge on any atom is 0.255 e. The molecule has 1 rings (SSSR count). The minimum atomic E-state index is -0.115. The summed E-state index contributed by atoms with van der Waals surface area (Å²) >= 11 is 0. The smallest absolute Gasteiger partial charge is 0.255 e. The second-order valence-corrected chi connectivity index (χ2v) is 2.73. The van der Waals surface area contributed by atoms with Crippen molar-refractivity contribution < 1.29 is 0 Å². The minimum absolute atomic E-state index is 0.115. The van der Waals surface area contributed by atoms with Gasteiger partial charge < -0.3 is 5.73 Å². The van der Waals surface area contributed by atoms with Crippen molar-refractivity contribution in [1.29, 1.82) is 0 Å². The third-order valence-corrected chi connectivity index (χ3v) is 1.69. The SMILES string of the molecule is CCCCc1cnc(N)[nH]c1=O. The average Bonchev–Trinajstić information content (AvgIpc) is 2.03. The Morgan fingerprint density at radius 1 is 1.67 bits per heavy atom. The first kappa shape index (κ1) is 8.77. The van der Waals surface area contributed by atoms with E-state index in [1.54, 1.807) is 6.20 Å². The zero-order valence-electron chi connectivity index (χ0n) is 7.13. The van der Waals surface area contributed by atoms with Gasteiger partial charge in [0.25, 0.3) is 5.56 Å². The van der Waals surface area contributed by atoms with Crippen LogP contribution in [0.25, 0.3) is 0 Å². The molecule has 12 heavy (non-hydrogen) atoms. The van der Waals surface area contributed by atoms with Crippen LogP contribution in [0.4, 0.5) is 5.95 Å². The molecule has 4 nitrogen and oxygen atoms in total. The monoisotopic (exact) mass is 167 g/mol. The van der Waals surface area contributed by atoms with E-state index < -0.39 is 0 Å². The van der Waals surface area contributed by atoms with Gasteiger partial charge in [-0.2, -0.15) is 0 Å². The number of H-pyrrole nitrogens is 1. The van der Waals surface area contributed by atoms with Crippen LogP contribution in [0.15, 0.2) is 11.0 Å². The Kier molecular flexibility index (Phi) is 2.85. The zero-order valence-corrected chi connectivity index (χ0v) is 7.13. The van der Waals surface area contributed by atoms with Gasteiger partial charge in [-0.1, -0.05) is 13.3 Å². The Balaban J connectivity index is 2.80. The molecule has 0 radical (unpaired) electrons. The molecule has 0 unspecified atom stereocenters. The van der Waals surface area contributed by atoms with E-state index in [4.69, 9.17) is 5.73 Å². The molecule has 66 valence electrons. The quantitative estimate of drug-likeness (QED) is 0.695. The van der Waals surface area contributed by atoms with E-state index in [0.717, 1.165) is 19.3 Å². The first-order valence-electron chi connectivity index (χ1n) is 4.07. The predicted octanol–water partition coefficient (Wildman–Crippen LogP) is 0.695. The van der Waals surface area contributed by atoms with Gasteiger partial charge in [-0.3, -0.25) is 9.78 Å². The average molecular weight is 167 g/mol. The number of rotatable bonds is 3. The van der Waals surface area contributed by atoms with E-state index in [9.17, 15) is 4.79 Å². The lowest BCUT2D eigenvalue weighted by atomic mass is 10.1. The van der Waals surface area contributed by atoms with Crippen LogP contribution in [0.1, 0.15) is 25.3 Å². The largest absolute Gasteiger partial charge is 0.369 e. The van der Waals surface area contributed by atoms with Crippen molar-refractivity contribution in [2.24, 2.45) is 0 Å². The van der Waals surface area contributed by atoms with Crippen molar-refractivity contribution >= 4 is 5.95 Å². The standard InChI is InChI=1S/C8H13N3O/c1-2-3-4-6-5-10-8(9)11-7(6)12/h5H,2-4H2,1H3,(H3,9,10,11,12). The number of unbranched alkanes of at least 4 members (excludes halogenated alkanes) is 1. The molecule has 0 amide bonds. The van der Waals surface area contributed by atoms with Crippen molar-refractivity contribution in [2.45, 2.75) is 26.2 Å². The lowest BCUT2D eigenvalue weighted by Gasteiger charge is -1.97. The molecule has 0 aliphatic heterocycles. The molecule has 3 N–H and O–H groups in total. The Hall–Kier alpha value is -1.32. The maximum absolute atomic E-state index is 11.2. The van der Waals surface area contributed by atoms with Crippen molar-refractivity contribution in [3.63, 3.8) is 0 Å². The van der Waals surface area contributed by atoms with Gasteiger partial charge in [0.2, 0.25) is 0 Å². The van der Waals surface area contributed by atoms with Crippen LogP contribution >= 0.6 is 0 Å². The molecule has 1 aromatic heterocycles. The van der Waals surface area contributed by atoms with Gasteiger partial charge in [-0.05, 0) is 12.8 Å². The van der Waals surface area contributed by atoms with E-state index in [1.165, 1.54) is 0 Å². The highest BCUT2D eigenvalue weighted by atomic mass is 16.1. The molecule has 1 heterocycles. The van der Waals surface area contributed by atoms with Gasteiger partial charge in [-0.15, -0.1) is 0 Å². The lowest BCUT2D eigenvalue weighted by molar-refractivity contribution is 0.782. The van der Waals surface area contributed by atoms with Crippen LogP contribution in [0.2, 0.25) is 0 Å². The summed E-state index contributed by atoms with van der Waals surface area (Å²) in [6, 6.07) is 0. The topological polar surface area (TPSA) is 71.8 Å². The highest BCUT2D eigenvalue weighted by molar-refractivity contribution is 5.17. The van der Waals surface area contributed by atoms with E-state index in [2.05, 4.69) is 16.9 Å². The first-order valence-corrected chi connectivity index (χ1v) is 4.07. The van der Waals surface area contributed by atoms with Crippen molar-refractivity contribution in [3.8, 4) is 0 Å². The number of nitrogens with two attached hydrogens (primary N) is 1. The number of aromatic nitrogens is 2. The minimum Gasteiger partial charge on any atom is -0.369 e. The number of hydrogen-bond donors (Lipinski definition) is 2. The summed E-state index contributed by atoms with van der Waals surface area (Å²) in [5, 5.41) is 0. The molecular formula is C8H13N3O. The molecule has 0 aliphatic carbocycles. The van der Waals surface area contributed by atoms with E-state index in [-0.39, 0.29) is 11.5 Å². The first-order chi connectivity index (χ1) is 5.74. The summed E-state index contributed by atoms with van der Waals surface area (Å²) in [5.41, 5.74) is 5.89. The third-order valence-electron chi connectivity index (χ3n) is 1.69. The highest BCUT2D eigenvalue weighted by Gasteiger charge is 1.98. The Morgan fingerprint density at radius 3 is 3.00 bits per heavy atom. The molecule has 0 fully saturated rings. The molecule has 0 spiro atoms. The van der Waals surface area contributed by atoms with E-state index in [1.807, 2.05) is 0 Å². The van der Waals surface area contributed by atoms with Crippen molar-refractivity contribution in [2.75, 3.05) is 5.73 Å². The molecule has 0 atom stereocenters. The maximum atomic E-state index is 11.2. The summed E-state index contributed by atoms with van der Waals surface area (Å²) in [4.78, 5) is 17.4.